The number of nitrogens with zero attached hydrogens (tertiary/aromatic N) is 3. The number of amides is 3. The summed E-state index contributed by atoms with van der Waals surface area (Å²) >= 11 is 0. The normalized spacial score (nSPS) is 21.1. The maximum atomic E-state index is 13.3. The van der Waals surface area contributed by atoms with Crippen molar-refractivity contribution in [2.45, 2.75) is 110 Å². The third kappa shape index (κ3) is 7.77. The van der Waals surface area contributed by atoms with Crippen molar-refractivity contribution in [2.75, 3.05) is 32.8 Å². The van der Waals surface area contributed by atoms with Crippen molar-refractivity contribution in [3.05, 3.63) is 26.7 Å². The Labute approximate surface area is 263 Å². The van der Waals surface area contributed by atoms with Crippen LogP contribution in [0, 0.1) is 5.41 Å². The van der Waals surface area contributed by atoms with E-state index < -0.39 is 17.1 Å². The number of rotatable bonds is 14. The highest BCUT2D eigenvalue weighted by Crippen LogP contribution is 2.57. The Bertz CT molecular complexity index is 1480. The highest BCUT2D eigenvalue weighted by molar-refractivity contribution is 5.83. The van der Waals surface area contributed by atoms with E-state index in [2.05, 4.69) is 20.9 Å². The summed E-state index contributed by atoms with van der Waals surface area (Å²) in [5.74, 6) is 0.433. The van der Waals surface area contributed by atoms with Crippen LogP contribution < -0.4 is 27.2 Å². The molecule has 2 heterocycles. The number of fused-ring (bicyclic) bond motifs is 4. The zero-order valence-electron chi connectivity index (χ0n) is 27.3. The summed E-state index contributed by atoms with van der Waals surface area (Å²) < 4.78 is 13.3. The number of nitrogens with one attached hydrogen (secondary N) is 4. The molecule has 5 rings (SSSR count). The van der Waals surface area contributed by atoms with E-state index in [1.54, 1.807) is 25.3 Å². The van der Waals surface area contributed by atoms with Gasteiger partial charge in [-0.25, -0.2) is 14.6 Å². The molecule has 2 bridgehead atoms. The molecule has 2 aromatic heterocycles. The van der Waals surface area contributed by atoms with Gasteiger partial charge in [0.1, 0.15) is 23.5 Å². The summed E-state index contributed by atoms with van der Waals surface area (Å²) in [6.45, 7) is 10.9. The Kier molecular flexibility index (Phi) is 10.8. The first-order valence-electron chi connectivity index (χ1n) is 16.2. The highest BCUT2D eigenvalue weighted by atomic mass is 16.6. The number of alkyl carbamates (subject to hydrolysis) is 1. The van der Waals surface area contributed by atoms with Crippen LogP contribution in [0.15, 0.2) is 9.59 Å². The predicted molar refractivity (Wildman–Crippen MR) is 168 cm³/mol. The van der Waals surface area contributed by atoms with Crippen molar-refractivity contribution in [1.29, 1.82) is 0 Å². The minimum absolute atomic E-state index is 0.00152. The molecule has 2 aromatic rings. The van der Waals surface area contributed by atoms with Crippen LogP contribution >= 0.6 is 0 Å². The number of aromatic nitrogens is 4. The number of ether oxygens (including phenoxy) is 2. The van der Waals surface area contributed by atoms with Crippen molar-refractivity contribution in [3.8, 4) is 0 Å². The van der Waals surface area contributed by atoms with E-state index in [9.17, 15) is 24.0 Å². The second-order valence-corrected chi connectivity index (χ2v) is 13.3. The summed E-state index contributed by atoms with van der Waals surface area (Å²) in [6.07, 6.45) is 5.28. The number of H-pyrrole nitrogens is 1. The first kappa shape index (κ1) is 34.2. The van der Waals surface area contributed by atoms with Crippen molar-refractivity contribution < 1.29 is 23.9 Å². The van der Waals surface area contributed by atoms with Crippen LogP contribution in [-0.4, -0.2) is 75.5 Å². The van der Waals surface area contributed by atoms with Crippen LogP contribution in [0.4, 0.5) is 4.79 Å². The van der Waals surface area contributed by atoms with Gasteiger partial charge < -0.3 is 30.4 Å². The van der Waals surface area contributed by atoms with Gasteiger partial charge >= 0.3 is 11.8 Å². The number of carbonyl (C=O) groups is 3. The van der Waals surface area contributed by atoms with Crippen LogP contribution in [0.2, 0.25) is 0 Å². The van der Waals surface area contributed by atoms with Gasteiger partial charge in [-0.1, -0.05) is 13.8 Å². The van der Waals surface area contributed by atoms with E-state index in [1.807, 2.05) is 13.8 Å². The van der Waals surface area contributed by atoms with Crippen molar-refractivity contribution in [2.24, 2.45) is 5.41 Å². The van der Waals surface area contributed by atoms with Gasteiger partial charge in [0.25, 0.3) is 5.56 Å². The molecule has 45 heavy (non-hydrogen) atoms. The molecule has 3 amide bonds. The SMILES string of the molecule is CCCn1c(=O)c2[nH]c(C34CCC(C(=O)NCCNC(=O)COCCNC(=O)OC(C)(C)C)(CC3)CC4)nc2n(CCC)c1=O. The van der Waals surface area contributed by atoms with Gasteiger partial charge in [0.2, 0.25) is 11.8 Å². The van der Waals surface area contributed by atoms with Gasteiger partial charge in [-0.15, -0.1) is 0 Å². The second-order valence-electron chi connectivity index (χ2n) is 13.3. The van der Waals surface area contributed by atoms with E-state index in [-0.39, 0.29) is 54.8 Å². The standard InChI is InChI=1S/C31H49N7O7/c1-6-17-37-23-22(24(40)38(18-7-2)28(37)43)35-25(36-23)30-8-11-31(12-9-30,13-10-30)26(41)33-15-14-32-21(39)20-44-19-16-34-27(42)45-29(3,4)5/h6-20H2,1-5H3,(H,32,39)(H,33,41)(H,34,42)(H,35,36). The van der Waals surface area contributed by atoms with Crippen molar-refractivity contribution >= 4 is 29.1 Å². The van der Waals surface area contributed by atoms with Gasteiger partial charge in [0.15, 0.2) is 5.65 Å². The average molecular weight is 632 g/mol. The summed E-state index contributed by atoms with van der Waals surface area (Å²) in [6, 6.07) is 0. The molecular weight excluding hydrogens is 582 g/mol. The molecule has 14 nitrogen and oxygen atoms in total. The Morgan fingerprint density at radius 1 is 0.889 bits per heavy atom. The molecule has 3 saturated carbocycles. The lowest BCUT2D eigenvalue weighted by molar-refractivity contribution is -0.138. The third-order valence-electron chi connectivity index (χ3n) is 8.87. The van der Waals surface area contributed by atoms with Gasteiger partial charge in [-0.2, -0.15) is 0 Å². The molecule has 3 fully saturated rings. The van der Waals surface area contributed by atoms with Crippen LogP contribution in [0.25, 0.3) is 11.2 Å². The molecule has 0 unspecified atom stereocenters. The number of hydrogen-bond acceptors (Lipinski definition) is 8. The van der Waals surface area contributed by atoms with Crippen LogP contribution in [0.1, 0.15) is 91.8 Å². The molecule has 4 N–H and O–H groups in total. The molecule has 0 spiro atoms. The fourth-order valence-corrected chi connectivity index (χ4v) is 6.47. The smallest absolute Gasteiger partial charge is 0.407 e. The molecule has 14 heteroatoms. The van der Waals surface area contributed by atoms with Gasteiger partial charge in [0.05, 0.1) is 6.61 Å². The van der Waals surface area contributed by atoms with E-state index in [1.165, 1.54) is 4.57 Å². The summed E-state index contributed by atoms with van der Waals surface area (Å²) in [4.78, 5) is 71.5. The molecule has 3 aliphatic rings. The molecule has 0 saturated heterocycles. The summed E-state index contributed by atoms with van der Waals surface area (Å²) in [5, 5.41) is 8.29. The monoisotopic (exact) mass is 631 g/mol. The topological polar surface area (TPSA) is 178 Å². The second kappa shape index (κ2) is 14.2. The van der Waals surface area contributed by atoms with E-state index >= 15 is 0 Å². The highest BCUT2D eigenvalue weighted by Gasteiger charge is 2.54. The lowest BCUT2D eigenvalue weighted by Gasteiger charge is -2.51. The number of aromatic amines is 1. The molecule has 0 aliphatic heterocycles. The molecule has 0 atom stereocenters. The lowest BCUT2D eigenvalue weighted by Crippen LogP contribution is -2.52. The average Bonchev–Trinajstić information content (AvgIpc) is 3.46. The Morgan fingerprint density at radius 2 is 1.51 bits per heavy atom. The molecule has 250 valence electrons. The van der Waals surface area contributed by atoms with Gasteiger partial charge in [0, 0.05) is 43.6 Å². The maximum Gasteiger partial charge on any atom is 0.407 e. The summed E-state index contributed by atoms with van der Waals surface area (Å²) in [5.41, 5.74) is -1.13. The zero-order chi connectivity index (χ0) is 32.8. The summed E-state index contributed by atoms with van der Waals surface area (Å²) in [7, 11) is 0. The maximum absolute atomic E-state index is 13.3. The van der Waals surface area contributed by atoms with Crippen molar-refractivity contribution in [1.82, 2.24) is 35.1 Å². The van der Waals surface area contributed by atoms with Crippen molar-refractivity contribution in [3.63, 3.8) is 0 Å². The quantitative estimate of drug-likeness (QED) is 0.229. The van der Waals surface area contributed by atoms with Crippen LogP contribution in [0.5, 0.6) is 0 Å². The number of imidazole rings is 1. The van der Waals surface area contributed by atoms with Gasteiger partial charge in [-0.05, 0) is 72.1 Å². The molecule has 0 aromatic carbocycles. The molecular formula is C31H49N7O7. The fourth-order valence-electron chi connectivity index (χ4n) is 6.47. The number of hydrogen-bond donors (Lipinski definition) is 4. The molecule has 3 aliphatic carbocycles. The van der Waals surface area contributed by atoms with Gasteiger partial charge in [-0.3, -0.25) is 23.5 Å². The predicted octanol–water partition coefficient (Wildman–Crippen LogP) is 2.07. The number of carbonyl (C=O) groups excluding carboxylic acids is 3. The number of aryl methyl sites for hydroxylation is 1. The first-order chi connectivity index (χ1) is 21.3. The lowest BCUT2D eigenvalue weighted by atomic mass is 9.53. The Morgan fingerprint density at radius 3 is 2.13 bits per heavy atom. The first-order valence-corrected chi connectivity index (χ1v) is 16.2. The van der Waals surface area contributed by atoms with Crippen LogP contribution in [0.3, 0.4) is 0 Å². The largest absolute Gasteiger partial charge is 0.444 e. The zero-order valence-corrected chi connectivity index (χ0v) is 27.3. The minimum Gasteiger partial charge on any atom is -0.444 e. The Hall–Kier alpha value is -3.68. The van der Waals surface area contributed by atoms with E-state index in [4.69, 9.17) is 14.5 Å². The molecule has 0 radical (unpaired) electrons. The van der Waals surface area contributed by atoms with Crippen LogP contribution in [-0.2, 0) is 37.6 Å². The minimum atomic E-state index is -0.585. The third-order valence-corrected chi connectivity index (χ3v) is 8.87. The van der Waals surface area contributed by atoms with E-state index in [0.717, 1.165) is 31.5 Å². The van der Waals surface area contributed by atoms with E-state index in [0.29, 0.717) is 56.5 Å². The Balaban J connectivity index is 1.25. The fraction of sp³-hybridized carbons (Fsp3) is 0.742.